The first-order chi connectivity index (χ1) is 11.6. The minimum Gasteiger partial charge on any atom is -0.378 e. The van der Waals surface area contributed by atoms with E-state index in [0.717, 1.165) is 11.4 Å². The molecule has 0 aliphatic carbocycles. The Bertz CT molecular complexity index is 677. The fraction of sp³-hybridized carbons (Fsp3) is 0.471. The molecule has 2 heterocycles. The van der Waals surface area contributed by atoms with Gasteiger partial charge in [-0.3, -0.25) is 10.1 Å². The number of carbonyl (C=O) groups excluding carboxylic acids is 1. The molecular formula is C17H23N5O2. The van der Waals surface area contributed by atoms with Crippen molar-refractivity contribution in [1.82, 2.24) is 25.2 Å². The summed E-state index contributed by atoms with van der Waals surface area (Å²) < 4.78 is 7.01. The number of hydrogen-bond donors (Lipinski definition) is 1. The van der Waals surface area contributed by atoms with Gasteiger partial charge in [0.05, 0.1) is 37.2 Å². The third kappa shape index (κ3) is 3.80. The van der Waals surface area contributed by atoms with Crippen LogP contribution in [0.1, 0.15) is 19.5 Å². The van der Waals surface area contributed by atoms with Crippen molar-refractivity contribution in [2.75, 3.05) is 32.8 Å². The van der Waals surface area contributed by atoms with E-state index in [2.05, 4.69) is 15.6 Å². The summed E-state index contributed by atoms with van der Waals surface area (Å²) in [6.07, 6.45) is 1.89. The zero-order valence-corrected chi connectivity index (χ0v) is 14.1. The molecule has 1 N–H and O–H groups in total. The Kier molecular flexibility index (Phi) is 4.92. The van der Waals surface area contributed by atoms with Gasteiger partial charge in [-0.2, -0.15) is 0 Å². The standard InChI is InChI=1S/C17H23N5O2/c1-17(2,18-12-16(23)21-8-10-24-11-9-21)15-13-22(20-19-15)14-6-4-3-5-7-14/h3-7,13,18H,8-12H2,1-2H3. The maximum absolute atomic E-state index is 12.3. The fourth-order valence-electron chi connectivity index (χ4n) is 2.57. The molecule has 1 aliphatic heterocycles. The Morgan fingerprint density at radius 2 is 1.96 bits per heavy atom. The van der Waals surface area contributed by atoms with Gasteiger partial charge in [0.1, 0.15) is 5.69 Å². The molecule has 24 heavy (non-hydrogen) atoms. The van der Waals surface area contributed by atoms with Crippen molar-refractivity contribution < 1.29 is 9.53 Å². The summed E-state index contributed by atoms with van der Waals surface area (Å²) in [6.45, 7) is 6.81. The van der Waals surface area contributed by atoms with Crippen molar-refractivity contribution >= 4 is 5.91 Å². The number of nitrogens with zero attached hydrogens (tertiary/aromatic N) is 4. The smallest absolute Gasteiger partial charge is 0.236 e. The summed E-state index contributed by atoms with van der Waals surface area (Å²) in [5.74, 6) is 0.0850. The monoisotopic (exact) mass is 329 g/mol. The summed E-state index contributed by atoms with van der Waals surface area (Å²) in [5.41, 5.74) is 1.30. The van der Waals surface area contributed by atoms with Crippen molar-refractivity contribution in [3.05, 3.63) is 42.2 Å². The second kappa shape index (κ2) is 7.11. The van der Waals surface area contributed by atoms with Crippen LogP contribution in [0.15, 0.2) is 36.5 Å². The van der Waals surface area contributed by atoms with Crippen LogP contribution in [0, 0.1) is 0 Å². The number of amides is 1. The molecular weight excluding hydrogens is 306 g/mol. The van der Waals surface area contributed by atoms with E-state index in [4.69, 9.17) is 4.74 Å². The molecule has 1 aromatic heterocycles. The lowest BCUT2D eigenvalue weighted by Crippen LogP contribution is -2.48. The summed E-state index contributed by atoms with van der Waals surface area (Å²) in [7, 11) is 0. The second-order valence-corrected chi connectivity index (χ2v) is 6.36. The Morgan fingerprint density at radius 3 is 2.67 bits per heavy atom. The maximum atomic E-state index is 12.3. The van der Waals surface area contributed by atoms with Crippen LogP contribution < -0.4 is 5.32 Å². The molecule has 2 aromatic rings. The number of hydrogen-bond acceptors (Lipinski definition) is 5. The predicted octanol–water partition coefficient (Wildman–Crippen LogP) is 0.951. The number of rotatable bonds is 5. The lowest BCUT2D eigenvalue weighted by molar-refractivity contribution is -0.134. The second-order valence-electron chi connectivity index (χ2n) is 6.36. The van der Waals surface area contributed by atoms with E-state index in [9.17, 15) is 4.79 Å². The molecule has 0 unspecified atom stereocenters. The summed E-state index contributed by atoms with van der Waals surface area (Å²) in [6, 6.07) is 9.83. The molecule has 0 spiro atoms. The highest BCUT2D eigenvalue weighted by atomic mass is 16.5. The highest BCUT2D eigenvalue weighted by Gasteiger charge is 2.26. The Balaban J connectivity index is 1.63. The summed E-state index contributed by atoms with van der Waals surface area (Å²) in [4.78, 5) is 14.1. The molecule has 0 saturated carbocycles. The van der Waals surface area contributed by atoms with Crippen molar-refractivity contribution in [3.63, 3.8) is 0 Å². The number of aromatic nitrogens is 3. The van der Waals surface area contributed by atoms with E-state index in [1.165, 1.54) is 0 Å². The number of benzene rings is 1. The minimum atomic E-state index is -0.449. The zero-order chi connectivity index (χ0) is 17.0. The summed E-state index contributed by atoms with van der Waals surface area (Å²) in [5, 5.41) is 11.7. The fourth-order valence-corrected chi connectivity index (χ4v) is 2.57. The average molecular weight is 329 g/mol. The summed E-state index contributed by atoms with van der Waals surface area (Å²) >= 11 is 0. The quantitative estimate of drug-likeness (QED) is 0.884. The molecule has 128 valence electrons. The van der Waals surface area contributed by atoms with Crippen molar-refractivity contribution in [2.45, 2.75) is 19.4 Å². The van der Waals surface area contributed by atoms with Crippen LogP contribution in [0.2, 0.25) is 0 Å². The zero-order valence-electron chi connectivity index (χ0n) is 14.1. The molecule has 1 saturated heterocycles. The molecule has 1 aromatic carbocycles. The number of ether oxygens (including phenoxy) is 1. The van der Waals surface area contributed by atoms with E-state index < -0.39 is 5.54 Å². The van der Waals surface area contributed by atoms with Gasteiger partial charge >= 0.3 is 0 Å². The van der Waals surface area contributed by atoms with Gasteiger partial charge < -0.3 is 9.64 Å². The molecule has 0 bridgehead atoms. The van der Waals surface area contributed by atoms with Crippen LogP contribution >= 0.6 is 0 Å². The Hall–Kier alpha value is -2.25. The van der Waals surface area contributed by atoms with Crippen LogP contribution in [0.3, 0.4) is 0 Å². The van der Waals surface area contributed by atoms with Gasteiger partial charge in [0.25, 0.3) is 0 Å². The van der Waals surface area contributed by atoms with Crippen LogP contribution in [-0.2, 0) is 15.1 Å². The highest BCUT2D eigenvalue weighted by Crippen LogP contribution is 2.18. The third-order valence-corrected chi connectivity index (χ3v) is 4.20. The molecule has 3 rings (SSSR count). The van der Waals surface area contributed by atoms with Crippen molar-refractivity contribution in [3.8, 4) is 5.69 Å². The lowest BCUT2D eigenvalue weighted by Gasteiger charge is -2.29. The van der Waals surface area contributed by atoms with E-state index in [1.807, 2.05) is 55.3 Å². The van der Waals surface area contributed by atoms with Gasteiger partial charge in [-0.05, 0) is 26.0 Å². The highest BCUT2D eigenvalue weighted by molar-refractivity contribution is 5.78. The number of nitrogens with one attached hydrogen (secondary N) is 1. The number of para-hydroxylation sites is 1. The molecule has 7 nitrogen and oxygen atoms in total. The van der Waals surface area contributed by atoms with Gasteiger partial charge in [-0.1, -0.05) is 23.4 Å². The van der Waals surface area contributed by atoms with Crippen molar-refractivity contribution in [2.24, 2.45) is 0 Å². The molecule has 1 fully saturated rings. The Labute approximate surface area is 141 Å². The van der Waals surface area contributed by atoms with Gasteiger partial charge in [-0.15, -0.1) is 5.10 Å². The molecule has 0 atom stereocenters. The van der Waals surface area contributed by atoms with Crippen LogP contribution in [-0.4, -0.2) is 58.6 Å². The van der Waals surface area contributed by atoms with Crippen LogP contribution in [0.25, 0.3) is 5.69 Å². The number of morpholine rings is 1. The maximum Gasteiger partial charge on any atom is 0.236 e. The van der Waals surface area contributed by atoms with Gasteiger partial charge in [0, 0.05) is 13.1 Å². The van der Waals surface area contributed by atoms with E-state index in [-0.39, 0.29) is 12.5 Å². The minimum absolute atomic E-state index is 0.0850. The van der Waals surface area contributed by atoms with E-state index >= 15 is 0 Å². The van der Waals surface area contributed by atoms with E-state index in [0.29, 0.717) is 26.3 Å². The Morgan fingerprint density at radius 1 is 1.25 bits per heavy atom. The predicted molar refractivity (Wildman–Crippen MR) is 89.8 cm³/mol. The van der Waals surface area contributed by atoms with Gasteiger partial charge in [0.2, 0.25) is 5.91 Å². The first kappa shape index (κ1) is 16.6. The average Bonchev–Trinajstić information content (AvgIpc) is 3.12. The molecule has 7 heteroatoms. The van der Waals surface area contributed by atoms with E-state index in [1.54, 1.807) is 4.68 Å². The topological polar surface area (TPSA) is 72.3 Å². The third-order valence-electron chi connectivity index (χ3n) is 4.20. The van der Waals surface area contributed by atoms with Crippen LogP contribution in [0.5, 0.6) is 0 Å². The largest absolute Gasteiger partial charge is 0.378 e. The molecule has 0 radical (unpaired) electrons. The van der Waals surface area contributed by atoms with Crippen molar-refractivity contribution in [1.29, 1.82) is 0 Å². The first-order valence-electron chi connectivity index (χ1n) is 8.15. The van der Waals surface area contributed by atoms with Gasteiger partial charge in [-0.25, -0.2) is 4.68 Å². The lowest BCUT2D eigenvalue weighted by atomic mass is 10.0. The van der Waals surface area contributed by atoms with Crippen LogP contribution in [0.4, 0.5) is 0 Å². The van der Waals surface area contributed by atoms with Gasteiger partial charge in [0.15, 0.2) is 0 Å². The molecule has 1 amide bonds. The molecule has 1 aliphatic rings. The SMILES string of the molecule is CC(C)(NCC(=O)N1CCOCC1)c1cn(-c2ccccc2)nn1. The normalized spacial score (nSPS) is 15.5. The first-order valence-corrected chi connectivity index (χ1v) is 8.15. The number of carbonyl (C=O) groups is 1.